The molecule has 1 aliphatic carbocycles. The van der Waals surface area contributed by atoms with Gasteiger partial charge in [-0.25, -0.2) is 0 Å². The first-order chi connectivity index (χ1) is 9.85. The van der Waals surface area contributed by atoms with Crippen molar-refractivity contribution < 1.29 is 4.42 Å². The molecule has 2 aromatic heterocycles. The molecule has 3 rings (SSSR count). The van der Waals surface area contributed by atoms with Crippen molar-refractivity contribution in [2.75, 3.05) is 6.54 Å². The summed E-state index contributed by atoms with van der Waals surface area (Å²) in [5.74, 6) is 2.12. The standard InChI is InChI=1S/C16H22N2OS/c1-2-17-9-15-5-6-16(19-15)11-18(14-3-4-14)10-13-7-8-20-12-13/h5-8,12,14,17H,2-4,9-11H2,1H3. The fraction of sp³-hybridized carbons (Fsp3) is 0.500. The highest BCUT2D eigenvalue weighted by Crippen LogP contribution is 2.30. The summed E-state index contributed by atoms with van der Waals surface area (Å²) < 4.78 is 5.91. The molecule has 4 heteroatoms. The van der Waals surface area contributed by atoms with Crippen LogP contribution in [0.25, 0.3) is 0 Å². The van der Waals surface area contributed by atoms with Crippen LogP contribution in [0.5, 0.6) is 0 Å². The van der Waals surface area contributed by atoms with Crippen LogP contribution in [0.3, 0.4) is 0 Å². The van der Waals surface area contributed by atoms with Crippen molar-refractivity contribution in [3.63, 3.8) is 0 Å². The van der Waals surface area contributed by atoms with Gasteiger partial charge < -0.3 is 9.73 Å². The smallest absolute Gasteiger partial charge is 0.118 e. The van der Waals surface area contributed by atoms with Crippen LogP contribution in [-0.4, -0.2) is 17.5 Å². The molecule has 0 spiro atoms. The van der Waals surface area contributed by atoms with E-state index < -0.39 is 0 Å². The fourth-order valence-electron chi connectivity index (χ4n) is 2.42. The zero-order chi connectivity index (χ0) is 13.8. The molecule has 1 N–H and O–H groups in total. The predicted octanol–water partition coefficient (Wildman–Crippen LogP) is 3.62. The second kappa shape index (κ2) is 6.57. The maximum Gasteiger partial charge on any atom is 0.118 e. The molecule has 0 saturated heterocycles. The summed E-state index contributed by atoms with van der Waals surface area (Å²) in [5.41, 5.74) is 1.42. The normalized spacial score (nSPS) is 15.1. The van der Waals surface area contributed by atoms with E-state index in [-0.39, 0.29) is 0 Å². The minimum absolute atomic E-state index is 0.747. The van der Waals surface area contributed by atoms with E-state index in [4.69, 9.17) is 4.42 Å². The van der Waals surface area contributed by atoms with Gasteiger partial charge in [-0.05, 0) is 53.9 Å². The Morgan fingerprint density at radius 1 is 1.25 bits per heavy atom. The molecule has 0 amide bonds. The SMILES string of the molecule is CCNCc1ccc(CN(Cc2ccsc2)C2CC2)o1. The van der Waals surface area contributed by atoms with Crippen molar-refractivity contribution >= 4 is 11.3 Å². The number of rotatable bonds is 8. The number of hydrogen-bond acceptors (Lipinski definition) is 4. The summed E-state index contributed by atoms with van der Waals surface area (Å²) >= 11 is 1.77. The Morgan fingerprint density at radius 3 is 2.80 bits per heavy atom. The molecule has 0 aliphatic heterocycles. The summed E-state index contributed by atoms with van der Waals surface area (Å²) in [5, 5.41) is 7.70. The quantitative estimate of drug-likeness (QED) is 0.805. The summed E-state index contributed by atoms with van der Waals surface area (Å²) in [6.45, 7) is 5.87. The van der Waals surface area contributed by atoms with E-state index in [1.807, 2.05) is 0 Å². The average molecular weight is 290 g/mol. The van der Waals surface area contributed by atoms with Gasteiger partial charge in [-0.2, -0.15) is 11.3 Å². The topological polar surface area (TPSA) is 28.4 Å². The van der Waals surface area contributed by atoms with Gasteiger partial charge in [0.15, 0.2) is 0 Å². The molecule has 1 fully saturated rings. The lowest BCUT2D eigenvalue weighted by Crippen LogP contribution is -2.24. The van der Waals surface area contributed by atoms with Crippen LogP contribution in [0.1, 0.15) is 36.8 Å². The highest BCUT2D eigenvalue weighted by atomic mass is 32.1. The van der Waals surface area contributed by atoms with Gasteiger partial charge in [0.2, 0.25) is 0 Å². The van der Waals surface area contributed by atoms with Crippen LogP contribution in [-0.2, 0) is 19.6 Å². The van der Waals surface area contributed by atoms with Crippen LogP contribution in [0.15, 0.2) is 33.4 Å². The molecule has 20 heavy (non-hydrogen) atoms. The molecule has 0 bridgehead atoms. The highest BCUT2D eigenvalue weighted by molar-refractivity contribution is 7.07. The van der Waals surface area contributed by atoms with Gasteiger partial charge in [-0.15, -0.1) is 0 Å². The third-order valence-corrected chi connectivity index (χ3v) is 4.39. The molecule has 0 radical (unpaired) electrons. The Kier molecular flexibility index (Phi) is 4.55. The van der Waals surface area contributed by atoms with Gasteiger partial charge in [-0.1, -0.05) is 6.92 Å². The third-order valence-electron chi connectivity index (χ3n) is 3.65. The summed E-state index contributed by atoms with van der Waals surface area (Å²) in [6, 6.07) is 7.18. The lowest BCUT2D eigenvalue weighted by atomic mass is 10.3. The van der Waals surface area contributed by atoms with E-state index >= 15 is 0 Å². The summed E-state index contributed by atoms with van der Waals surface area (Å²) in [6.07, 6.45) is 2.66. The maximum absolute atomic E-state index is 5.91. The van der Waals surface area contributed by atoms with Crippen molar-refractivity contribution in [2.45, 2.75) is 45.4 Å². The highest BCUT2D eigenvalue weighted by Gasteiger charge is 2.29. The second-order valence-electron chi connectivity index (χ2n) is 5.42. The molecule has 0 atom stereocenters. The lowest BCUT2D eigenvalue weighted by Gasteiger charge is -2.20. The molecule has 1 aliphatic rings. The van der Waals surface area contributed by atoms with Crippen LogP contribution in [0.4, 0.5) is 0 Å². The van der Waals surface area contributed by atoms with Gasteiger partial charge in [0.1, 0.15) is 11.5 Å². The van der Waals surface area contributed by atoms with Gasteiger partial charge in [0, 0.05) is 12.6 Å². The molecular formula is C16H22N2OS. The maximum atomic E-state index is 5.91. The molecule has 0 aromatic carbocycles. The van der Waals surface area contributed by atoms with Gasteiger partial charge >= 0.3 is 0 Å². The van der Waals surface area contributed by atoms with Crippen molar-refractivity contribution in [1.82, 2.24) is 10.2 Å². The van der Waals surface area contributed by atoms with Crippen molar-refractivity contribution in [1.29, 1.82) is 0 Å². The first-order valence-electron chi connectivity index (χ1n) is 7.38. The Morgan fingerprint density at radius 2 is 2.10 bits per heavy atom. The van der Waals surface area contributed by atoms with Crippen LogP contribution < -0.4 is 5.32 Å². The number of furan rings is 1. The van der Waals surface area contributed by atoms with Crippen LogP contribution in [0.2, 0.25) is 0 Å². The van der Waals surface area contributed by atoms with Gasteiger partial charge in [0.25, 0.3) is 0 Å². The van der Waals surface area contributed by atoms with Gasteiger partial charge in [0.05, 0.1) is 13.1 Å². The number of nitrogens with zero attached hydrogens (tertiary/aromatic N) is 1. The molecule has 2 aromatic rings. The van der Waals surface area contributed by atoms with Crippen molar-refractivity contribution in [2.24, 2.45) is 0 Å². The van der Waals surface area contributed by atoms with E-state index in [9.17, 15) is 0 Å². The Balaban J connectivity index is 1.59. The minimum atomic E-state index is 0.747. The zero-order valence-corrected chi connectivity index (χ0v) is 12.8. The third kappa shape index (κ3) is 3.72. The van der Waals surface area contributed by atoms with E-state index in [2.05, 4.69) is 46.1 Å². The molecule has 0 unspecified atom stereocenters. The minimum Gasteiger partial charge on any atom is -0.463 e. The predicted molar refractivity (Wildman–Crippen MR) is 82.7 cm³/mol. The number of thiophene rings is 1. The van der Waals surface area contributed by atoms with E-state index in [1.165, 1.54) is 18.4 Å². The molecular weight excluding hydrogens is 268 g/mol. The van der Waals surface area contributed by atoms with E-state index in [0.717, 1.165) is 43.7 Å². The number of hydrogen-bond donors (Lipinski definition) is 1. The molecule has 2 heterocycles. The Bertz CT molecular complexity index is 516. The van der Waals surface area contributed by atoms with Crippen LogP contribution >= 0.6 is 11.3 Å². The first-order valence-corrected chi connectivity index (χ1v) is 8.33. The van der Waals surface area contributed by atoms with Crippen LogP contribution in [0, 0.1) is 0 Å². The molecule has 1 saturated carbocycles. The first kappa shape index (κ1) is 13.9. The average Bonchev–Trinajstić information content (AvgIpc) is 3.00. The van der Waals surface area contributed by atoms with Gasteiger partial charge in [-0.3, -0.25) is 4.90 Å². The lowest BCUT2D eigenvalue weighted by molar-refractivity contribution is 0.223. The fourth-order valence-corrected chi connectivity index (χ4v) is 3.08. The largest absolute Gasteiger partial charge is 0.463 e. The summed E-state index contributed by atoms with van der Waals surface area (Å²) in [4.78, 5) is 2.54. The second-order valence-corrected chi connectivity index (χ2v) is 6.20. The Hall–Kier alpha value is -1.10. The Labute approximate surface area is 124 Å². The summed E-state index contributed by atoms with van der Waals surface area (Å²) in [7, 11) is 0. The molecule has 108 valence electrons. The van der Waals surface area contributed by atoms with Crippen molar-refractivity contribution in [3.05, 3.63) is 46.0 Å². The number of nitrogens with one attached hydrogen (secondary N) is 1. The van der Waals surface area contributed by atoms with Crippen molar-refractivity contribution in [3.8, 4) is 0 Å². The monoisotopic (exact) mass is 290 g/mol. The molecule has 3 nitrogen and oxygen atoms in total. The zero-order valence-electron chi connectivity index (χ0n) is 12.0. The van der Waals surface area contributed by atoms with E-state index in [1.54, 1.807) is 11.3 Å². The van der Waals surface area contributed by atoms with E-state index in [0.29, 0.717) is 0 Å².